The number of morpholine rings is 1. The Kier molecular flexibility index (Phi) is 14.5. The second kappa shape index (κ2) is 19.4. The highest BCUT2D eigenvalue weighted by Gasteiger charge is 2.20. The largest absolute Gasteiger partial charge is 0.378 e. The quantitative estimate of drug-likeness (QED) is 0.191. The van der Waals surface area contributed by atoms with Gasteiger partial charge in [-0.15, -0.1) is 25.7 Å². The fourth-order valence-corrected chi connectivity index (χ4v) is 5.86. The summed E-state index contributed by atoms with van der Waals surface area (Å²) in [5.41, 5.74) is 5.51. The van der Waals surface area contributed by atoms with E-state index in [4.69, 9.17) is 30.4 Å². The molecule has 0 spiro atoms. The monoisotopic (exact) mass is 731 g/mol. The van der Waals surface area contributed by atoms with Crippen LogP contribution in [0, 0.1) is 49.4 Å². The SMILES string of the molecule is C#Cc1cnc(-c2ccccc2)n1C.C#Cc1cnc(-c2ccccc2)n1CC.C#Cc1cnc(C(C)(C)C)n1C.C#Cc1cnc(N2CCOCC2)n1C. The summed E-state index contributed by atoms with van der Waals surface area (Å²) in [5.74, 6) is 14.2. The van der Waals surface area contributed by atoms with Crippen molar-refractivity contribution in [1.82, 2.24) is 38.2 Å². The van der Waals surface area contributed by atoms with Gasteiger partial charge in [0.25, 0.3) is 0 Å². The summed E-state index contributed by atoms with van der Waals surface area (Å²) in [7, 11) is 5.81. The van der Waals surface area contributed by atoms with E-state index in [2.05, 4.69) is 76.2 Å². The molecule has 1 saturated heterocycles. The summed E-state index contributed by atoms with van der Waals surface area (Å²) < 4.78 is 13.1. The first-order chi connectivity index (χ1) is 26.5. The van der Waals surface area contributed by atoms with Crippen LogP contribution >= 0.6 is 0 Å². The van der Waals surface area contributed by atoms with Gasteiger partial charge in [-0.25, -0.2) is 19.9 Å². The number of nitrogens with zero attached hydrogens (tertiary/aromatic N) is 9. The Morgan fingerprint density at radius 3 is 1.51 bits per heavy atom. The van der Waals surface area contributed by atoms with Gasteiger partial charge in [-0.05, 0) is 6.92 Å². The third kappa shape index (κ3) is 10.2. The van der Waals surface area contributed by atoms with Gasteiger partial charge in [0.15, 0.2) is 0 Å². The highest BCUT2D eigenvalue weighted by Crippen LogP contribution is 2.21. The molecule has 1 aliphatic rings. The first-order valence-corrected chi connectivity index (χ1v) is 17.9. The van der Waals surface area contributed by atoms with Crippen LogP contribution in [0.2, 0.25) is 0 Å². The van der Waals surface area contributed by atoms with Crippen LogP contribution in [0.3, 0.4) is 0 Å². The van der Waals surface area contributed by atoms with Gasteiger partial charge < -0.3 is 27.9 Å². The minimum absolute atomic E-state index is 0.0594. The summed E-state index contributed by atoms with van der Waals surface area (Å²) in [5, 5.41) is 0. The first-order valence-electron chi connectivity index (χ1n) is 17.9. The molecule has 2 aromatic carbocycles. The van der Waals surface area contributed by atoms with Gasteiger partial charge in [0.2, 0.25) is 5.95 Å². The number of benzene rings is 2. The van der Waals surface area contributed by atoms with Crippen LogP contribution in [0.25, 0.3) is 22.8 Å². The molecule has 280 valence electrons. The summed E-state index contributed by atoms with van der Waals surface area (Å²) in [6, 6.07) is 20.0. The van der Waals surface area contributed by atoms with Crippen molar-refractivity contribution >= 4 is 5.95 Å². The Hall–Kier alpha value is -6.72. The number of imidazole rings is 4. The fraction of sp³-hybridized carbons (Fsp3) is 0.289. The topological polar surface area (TPSA) is 83.8 Å². The standard InChI is InChI=1S/C13H12N2.C12H10N2.C10H13N3O.C10H14N2/c1-3-12-10-14-13(15(12)4-2)11-8-6-5-7-9-11;1-3-11-9-13-12(14(11)2)10-7-5-4-6-8-10;1-3-9-8-11-10(12(9)2)13-4-6-14-7-5-13;1-6-8-7-11-9(12(8)5)10(2,3)4/h1,5-10H,4H2,2H3;1,4-9H,2H3;1,8H,4-7H2,2H3;1,7H,2-5H3. The zero-order chi connectivity index (χ0) is 40.0. The summed E-state index contributed by atoms with van der Waals surface area (Å²) >= 11 is 0. The molecule has 10 nitrogen and oxygen atoms in total. The lowest BCUT2D eigenvalue weighted by atomic mass is 9.96. The zero-order valence-electron chi connectivity index (χ0n) is 32.9. The number of hydrogen-bond donors (Lipinski definition) is 0. The third-order valence-electron chi connectivity index (χ3n) is 8.73. The lowest BCUT2D eigenvalue weighted by Crippen LogP contribution is -2.37. The van der Waals surface area contributed by atoms with E-state index in [0.29, 0.717) is 0 Å². The number of rotatable bonds is 4. The van der Waals surface area contributed by atoms with E-state index < -0.39 is 0 Å². The van der Waals surface area contributed by atoms with Crippen molar-refractivity contribution in [2.45, 2.75) is 39.7 Å². The minimum Gasteiger partial charge on any atom is -0.378 e. The maximum absolute atomic E-state index is 5.41. The second-order valence-electron chi connectivity index (χ2n) is 13.4. The molecule has 0 bridgehead atoms. The molecule has 0 radical (unpaired) electrons. The van der Waals surface area contributed by atoms with Crippen molar-refractivity contribution in [2.75, 3.05) is 31.2 Å². The van der Waals surface area contributed by atoms with E-state index in [1.807, 2.05) is 100 Å². The maximum atomic E-state index is 5.41. The maximum Gasteiger partial charge on any atom is 0.206 e. The van der Waals surface area contributed by atoms with Gasteiger partial charge >= 0.3 is 0 Å². The number of aromatic nitrogens is 8. The molecule has 10 heteroatoms. The van der Waals surface area contributed by atoms with E-state index in [9.17, 15) is 0 Å². The van der Waals surface area contributed by atoms with Crippen molar-refractivity contribution in [3.05, 3.63) is 114 Å². The highest BCUT2D eigenvalue weighted by atomic mass is 16.5. The van der Waals surface area contributed by atoms with Crippen LogP contribution in [-0.4, -0.2) is 64.5 Å². The molecule has 0 amide bonds. The van der Waals surface area contributed by atoms with E-state index >= 15 is 0 Å². The fourth-order valence-electron chi connectivity index (χ4n) is 5.86. The van der Waals surface area contributed by atoms with Crippen molar-refractivity contribution in [3.63, 3.8) is 0 Å². The van der Waals surface area contributed by atoms with Gasteiger partial charge in [0.1, 0.15) is 40.2 Å². The van der Waals surface area contributed by atoms with Crippen LogP contribution < -0.4 is 4.90 Å². The molecule has 0 atom stereocenters. The molecule has 55 heavy (non-hydrogen) atoms. The average Bonchev–Trinajstić information content (AvgIpc) is 4.00. The Bertz CT molecular complexity index is 2300. The second-order valence-corrected chi connectivity index (χ2v) is 13.4. The van der Waals surface area contributed by atoms with Gasteiger partial charge in [-0.3, -0.25) is 0 Å². The summed E-state index contributed by atoms with van der Waals surface area (Å²) in [6.07, 6.45) is 28.3. The zero-order valence-corrected chi connectivity index (χ0v) is 32.9. The van der Waals surface area contributed by atoms with Gasteiger partial charge in [-0.1, -0.05) is 105 Å². The predicted molar refractivity (Wildman–Crippen MR) is 222 cm³/mol. The van der Waals surface area contributed by atoms with E-state index in [1.54, 1.807) is 24.8 Å². The molecule has 0 saturated carbocycles. The van der Waals surface area contributed by atoms with Crippen LogP contribution in [0.15, 0.2) is 85.5 Å². The number of hydrogen-bond acceptors (Lipinski definition) is 6. The molecule has 7 rings (SSSR count). The van der Waals surface area contributed by atoms with Crippen molar-refractivity contribution in [3.8, 4) is 72.2 Å². The van der Waals surface area contributed by atoms with Crippen LogP contribution in [0.4, 0.5) is 5.95 Å². The lowest BCUT2D eigenvalue weighted by Gasteiger charge is -2.27. The molecule has 0 N–H and O–H groups in total. The molecule has 4 aromatic heterocycles. The van der Waals surface area contributed by atoms with Crippen LogP contribution in [0.5, 0.6) is 0 Å². The summed E-state index contributed by atoms with van der Waals surface area (Å²) in [6.45, 7) is 12.6. The summed E-state index contributed by atoms with van der Waals surface area (Å²) in [4.78, 5) is 19.4. The van der Waals surface area contributed by atoms with Gasteiger partial charge in [-0.2, -0.15) is 0 Å². The first kappa shape index (κ1) is 41.0. The number of ether oxygens (including phenoxy) is 1. The Labute approximate surface area is 326 Å². The normalized spacial score (nSPS) is 11.9. The lowest BCUT2D eigenvalue weighted by molar-refractivity contribution is 0.121. The highest BCUT2D eigenvalue weighted by molar-refractivity contribution is 5.57. The molecule has 0 unspecified atom stereocenters. The Morgan fingerprint density at radius 1 is 0.600 bits per heavy atom. The van der Waals surface area contributed by atoms with E-state index in [1.165, 1.54) is 0 Å². The molecule has 1 fully saturated rings. The number of anilines is 1. The van der Waals surface area contributed by atoms with Crippen LogP contribution in [-0.2, 0) is 37.8 Å². The molecular weight excluding hydrogens is 683 g/mol. The van der Waals surface area contributed by atoms with Crippen molar-refractivity contribution in [2.24, 2.45) is 21.1 Å². The molecule has 5 heterocycles. The molecule has 6 aromatic rings. The third-order valence-corrected chi connectivity index (χ3v) is 8.73. The smallest absolute Gasteiger partial charge is 0.206 e. The number of terminal acetylenes is 4. The van der Waals surface area contributed by atoms with Crippen molar-refractivity contribution < 1.29 is 4.74 Å². The van der Waals surface area contributed by atoms with E-state index in [0.717, 1.165) is 90.2 Å². The minimum atomic E-state index is 0.0594. The Morgan fingerprint density at radius 2 is 1.05 bits per heavy atom. The molecule has 1 aliphatic heterocycles. The average molecular weight is 732 g/mol. The Balaban J connectivity index is 0.000000164. The molecular formula is C45H49N9O. The predicted octanol–water partition coefficient (Wildman–Crippen LogP) is 6.56. The van der Waals surface area contributed by atoms with Gasteiger partial charge in [0.05, 0.1) is 38.0 Å². The van der Waals surface area contributed by atoms with Crippen LogP contribution in [0.1, 0.15) is 56.3 Å². The van der Waals surface area contributed by atoms with Gasteiger partial charge in [0, 0.05) is 57.3 Å². The van der Waals surface area contributed by atoms with E-state index in [-0.39, 0.29) is 5.41 Å². The molecule has 0 aliphatic carbocycles. The van der Waals surface area contributed by atoms with Crippen molar-refractivity contribution in [1.29, 1.82) is 0 Å².